The molecule has 4 aromatic rings. The number of nitrogens with zero attached hydrogens (tertiary/aromatic N) is 5. The van der Waals surface area contributed by atoms with E-state index in [-0.39, 0.29) is 40.8 Å². The molecule has 1 aliphatic carbocycles. The number of likely N-dealkylation sites (tertiary alicyclic amines) is 2. The average Bonchev–Trinajstić information content (AvgIpc) is 3.77. The molecule has 2 aromatic carbocycles. The number of aromatic nitrogens is 3. The molecular formula is C31H30N6O4. The van der Waals surface area contributed by atoms with Crippen molar-refractivity contribution < 1.29 is 19.5 Å². The first-order valence-corrected chi connectivity index (χ1v) is 14.0. The van der Waals surface area contributed by atoms with Gasteiger partial charge >= 0.3 is 5.97 Å². The molecule has 0 unspecified atom stereocenters. The summed E-state index contributed by atoms with van der Waals surface area (Å²) in [5, 5.41) is 16.9. The van der Waals surface area contributed by atoms with E-state index in [0.717, 1.165) is 36.2 Å². The summed E-state index contributed by atoms with van der Waals surface area (Å²) >= 11 is 0. The normalized spacial score (nSPS) is 21.4. The molecule has 3 aliphatic rings. The van der Waals surface area contributed by atoms with Crippen molar-refractivity contribution in [2.75, 3.05) is 13.1 Å². The number of rotatable bonds is 6. The van der Waals surface area contributed by atoms with E-state index < -0.39 is 5.97 Å². The average molecular weight is 551 g/mol. The van der Waals surface area contributed by atoms with Gasteiger partial charge in [0.1, 0.15) is 11.4 Å². The van der Waals surface area contributed by atoms with E-state index in [2.05, 4.69) is 32.4 Å². The third-order valence-electron chi connectivity index (χ3n) is 8.88. The predicted octanol–water partition coefficient (Wildman–Crippen LogP) is 3.25. The number of hydrogen-bond donors (Lipinski definition) is 2. The van der Waals surface area contributed by atoms with Gasteiger partial charge in [0.25, 0.3) is 11.8 Å². The van der Waals surface area contributed by atoms with Crippen LogP contribution in [0.15, 0.2) is 60.8 Å². The minimum absolute atomic E-state index is 0.116. The van der Waals surface area contributed by atoms with Crippen molar-refractivity contribution in [3.05, 3.63) is 100.0 Å². The summed E-state index contributed by atoms with van der Waals surface area (Å²) in [6.07, 6.45) is 3.85. The molecule has 4 heterocycles. The van der Waals surface area contributed by atoms with Crippen LogP contribution in [-0.2, 0) is 13.0 Å². The highest BCUT2D eigenvalue weighted by Crippen LogP contribution is 2.35. The molecule has 0 saturated carbocycles. The summed E-state index contributed by atoms with van der Waals surface area (Å²) in [5.41, 5.74) is 5.09. The number of benzene rings is 2. The molecule has 41 heavy (non-hydrogen) atoms. The maximum absolute atomic E-state index is 13.7. The van der Waals surface area contributed by atoms with Crippen molar-refractivity contribution in [2.45, 2.75) is 50.9 Å². The lowest BCUT2D eigenvalue weighted by molar-refractivity contribution is 0.0609. The summed E-state index contributed by atoms with van der Waals surface area (Å²) in [7, 11) is 0. The van der Waals surface area contributed by atoms with Crippen molar-refractivity contribution >= 4 is 23.4 Å². The molecule has 0 spiro atoms. The first kappa shape index (κ1) is 25.4. The number of nitrogens with one attached hydrogen (secondary N) is 1. The number of aromatic carboxylic acids is 1. The van der Waals surface area contributed by atoms with E-state index >= 15 is 0 Å². The Labute approximate surface area is 236 Å². The summed E-state index contributed by atoms with van der Waals surface area (Å²) in [4.78, 5) is 47.8. The van der Waals surface area contributed by atoms with Crippen molar-refractivity contribution in [2.24, 2.45) is 0 Å². The van der Waals surface area contributed by atoms with Gasteiger partial charge in [-0.2, -0.15) is 5.10 Å². The first-order valence-electron chi connectivity index (χ1n) is 14.0. The van der Waals surface area contributed by atoms with Crippen molar-refractivity contribution in [1.29, 1.82) is 0 Å². The number of carboxylic acid groups (broad SMARTS) is 1. The smallest absolute Gasteiger partial charge is 0.335 e. The van der Waals surface area contributed by atoms with E-state index in [0.29, 0.717) is 31.1 Å². The summed E-state index contributed by atoms with van der Waals surface area (Å²) in [6.45, 7) is 4.14. The van der Waals surface area contributed by atoms with E-state index in [1.54, 1.807) is 30.5 Å². The van der Waals surface area contributed by atoms with E-state index in [4.69, 9.17) is 0 Å². The SMILES string of the molecule is Cc1c(C(=O)O)ccc2c1CC[C@@H]2NC(=O)c1cc(C(=O)N2C[C@@H]3C[C@H]2CN3Cc2ccccc2)nc2ccnn12. The quantitative estimate of drug-likeness (QED) is 0.378. The predicted molar refractivity (Wildman–Crippen MR) is 150 cm³/mol. The lowest BCUT2D eigenvalue weighted by Gasteiger charge is -2.34. The molecule has 2 bridgehead atoms. The highest BCUT2D eigenvalue weighted by atomic mass is 16.4. The molecule has 2 aliphatic heterocycles. The Morgan fingerprint density at radius 1 is 1.05 bits per heavy atom. The molecule has 2 aromatic heterocycles. The minimum Gasteiger partial charge on any atom is -0.478 e. The Morgan fingerprint density at radius 3 is 2.63 bits per heavy atom. The van der Waals surface area contributed by atoms with Crippen molar-refractivity contribution in [1.82, 2.24) is 29.7 Å². The highest BCUT2D eigenvalue weighted by molar-refractivity contribution is 5.99. The lowest BCUT2D eigenvalue weighted by Crippen LogP contribution is -2.48. The van der Waals surface area contributed by atoms with Gasteiger partial charge in [0.2, 0.25) is 0 Å². The Morgan fingerprint density at radius 2 is 1.88 bits per heavy atom. The van der Waals surface area contributed by atoms with Crippen LogP contribution in [-0.4, -0.2) is 72.5 Å². The van der Waals surface area contributed by atoms with Crippen LogP contribution in [0.2, 0.25) is 0 Å². The van der Waals surface area contributed by atoms with Crippen molar-refractivity contribution in [3.63, 3.8) is 0 Å². The van der Waals surface area contributed by atoms with Crippen LogP contribution in [0.4, 0.5) is 0 Å². The second-order valence-electron chi connectivity index (χ2n) is 11.2. The van der Waals surface area contributed by atoms with Crippen LogP contribution in [0.3, 0.4) is 0 Å². The number of hydrogen-bond acceptors (Lipinski definition) is 6. The largest absolute Gasteiger partial charge is 0.478 e. The summed E-state index contributed by atoms with van der Waals surface area (Å²) in [6, 6.07) is 17.1. The highest BCUT2D eigenvalue weighted by Gasteiger charge is 2.45. The molecular weight excluding hydrogens is 520 g/mol. The maximum Gasteiger partial charge on any atom is 0.335 e. The molecule has 2 fully saturated rings. The zero-order chi connectivity index (χ0) is 28.2. The fraction of sp³-hybridized carbons (Fsp3) is 0.323. The van der Waals surface area contributed by atoms with Crippen LogP contribution in [0.25, 0.3) is 5.65 Å². The Hall–Kier alpha value is -4.57. The number of fused-ring (bicyclic) bond motifs is 4. The van der Waals surface area contributed by atoms with Gasteiger partial charge in [0.05, 0.1) is 17.8 Å². The van der Waals surface area contributed by atoms with Gasteiger partial charge in [-0.15, -0.1) is 0 Å². The van der Waals surface area contributed by atoms with Gasteiger partial charge in [-0.25, -0.2) is 14.3 Å². The van der Waals surface area contributed by atoms with E-state index in [9.17, 15) is 19.5 Å². The zero-order valence-corrected chi connectivity index (χ0v) is 22.7. The van der Waals surface area contributed by atoms with Crippen LogP contribution >= 0.6 is 0 Å². The zero-order valence-electron chi connectivity index (χ0n) is 22.7. The monoisotopic (exact) mass is 550 g/mol. The second kappa shape index (κ2) is 9.81. The maximum atomic E-state index is 13.7. The molecule has 7 rings (SSSR count). The van der Waals surface area contributed by atoms with Crippen LogP contribution < -0.4 is 5.32 Å². The molecule has 2 amide bonds. The second-order valence-corrected chi connectivity index (χ2v) is 11.2. The standard InChI is InChI=1S/C31H30N6O4/c1-18-22-9-10-25(24(22)8-7-23(18)31(40)41)34-29(38)27-14-26(33-28-11-12-32-37(27)28)30(39)36-17-20-13-21(36)16-35(20)15-19-5-3-2-4-6-19/h2-8,11-12,14,20-21,25H,9-10,13,15-17H2,1H3,(H,34,38)(H,40,41)/t20-,21-,25-/m0/s1. The minimum atomic E-state index is -0.956. The van der Waals surface area contributed by atoms with Gasteiger partial charge in [-0.1, -0.05) is 36.4 Å². The Balaban J connectivity index is 1.10. The van der Waals surface area contributed by atoms with Gasteiger partial charge in [0.15, 0.2) is 5.65 Å². The van der Waals surface area contributed by atoms with Gasteiger partial charge in [-0.05, 0) is 54.5 Å². The van der Waals surface area contributed by atoms with Gasteiger partial charge in [-0.3, -0.25) is 14.5 Å². The molecule has 208 valence electrons. The van der Waals surface area contributed by atoms with Gasteiger partial charge in [0, 0.05) is 43.9 Å². The fourth-order valence-electron chi connectivity index (χ4n) is 6.84. The van der Waals surface area contributed by atoms with Crippen LogP contribution in [0.1, 0.15) is 72.5 Å². The van der Waals surface area contributed by atoms with Gasteiger partial charge < -0.3 is 15.3 Å². The number of piperazine rings is 1. The number of carboxylic acids is 1. The van der Waals surface area contributed by atoms with Crippen molar-refractivity contribution in [3.8, 4) is 0 Å². The Bertz CT molecular complexity index is 1700. The first-order chi connectivity index (χ1) is 19.9. The number of carbonyl (C=O) groups is 3. The number of carbonyl (C=O) groups excluding carboxylic acids is 2. The van der Waals surface area contributed by atoms with Crippen LogP contribution in [0.5, 0.6) is 0 Å². The molecule has 10 heteroatoms. The Kier molecular flexibility index (Phi) is 6.08. The third kappa shape index (κ3) is 4.35. The third-order valence-corrected chi connectivity index (χ3v) is 8.88. The van der Waals surface area contributed by atoms with E-state index in [1.807, 2.05) is 30.0 Å². The fourth-order valence-corrected chi connectivity index (χ4v) is 6.84. The molecule has 3 atom stereocenters. The summed E-state index contributed by atoms with van der Waals surface area (Å²) in [5.74, 6) is -1.48. The lowest BCUT2D eigenvalue weighted by atomic mass is 9.98. The topological polar surface area (TPSA) is 120 Å². The molecule has 10 nitrogen and oxygen atoms in total. The summed E-state index contributed by atoms with van der Waals surface area (Å²) < 4.78 is 1.46. The molecule has 2 saturated heterocycles. The van der Waals surface area contributed by atoms with E-state index in [1.165, 1.54) is 10.1 Å². The molecule has 0 radical (unpaired) electrons. The number of amides is 2. The molecule has 2 N–H and O–H groups in total. The van der Waals surface area contributed by atoms with Crippen LogP contribution in [0, 0.1) is 6.92 Å².